The Morgan fingerprint density at radius 2 is 1.90 bits per heavy atom. The van der Waals surface area contributed by atoms with Crippen molar-refractivity contribution >= 4 is 40.3 Å². The molecule has 4 rings (SSSR count). The molecular formula is C31H35N3O7S. The molecule has 1 heterocycles. The van der Waals surface area contributed by atoms with Crippen LogP contribution < -0.4 is 20.2 Å². The maximum atomic E-state index is 13.1. The standard InChI is InChI=1S/C31H35N3O7S/c1-5-39-25-16-20(8-14-24(25)35)17-32-34-28(36)19(4)41-22-11-9-21(10-12-22)29(37)33-30-27(31(38)40-6-2)23-13-7-18(3)15-26(23)42-30/h8-12,14,16-19,35H,5-7,13,15H2,1-4H3,(H,33,37)(H,34,36)/b32-17-/t18-,19-/m1/s1. The predicted octanol–water partition coefficient (Wildman–Crippen LogP) is 5.32. The van der Waals surface area contributed by atoms with Crippen LogP contribution in [0, 0.1) is 5.92 Å². The second-order valence-corrected chi connectivity index (χ2v) is 11.0. The number of anilines is 1. The summed E-state index contributed by atoms with van der Waals surface area (Å²) in [5.74, 6) is 0.00565. The third-order valence-corrected chi connectivity index (χ3v) is 7.86. The number of rotatable bonds is 11. The molecule has 0 radical (unpaired) electrons. The summed E-state index contributed by atoms with van der Waals surface area (Å²) in [5, 5.41) is 17.2. The summed E-state index contributed by atoms with van der Waals surface area (Å²) in [5.41, 5.74) is 4.86. The highest BCUT2D eigenvalue weighted by molar-refractivity contribution is 7.17. The molecule has 0 saturated carbocycles. The molecule has 0 saturated heterocycles. The fourth-order valence-electron chi connectivity index (χ4n) is 4.52. The monoisotopic (exact) mass is 593 g/mol. The summed E-state index contributed by atoms with van der Waals surface area (Å²) in [4.78, 5) is 39.4. The van der Waals surface area contributed by atoms with E-state index >= 15 is 0 Å². The number of esters is 1. The molecule has 11 heteroatoms. The summed E-state index contributed by atoms with van der Waals surface area (Å²) < 4.78 is 16.3. The summed E-state index contributed by atoms with van der Waals surface area (Å²) >= 11 is 1.44. The number of hydrogen-bond acceptors (Lipinski definition) is 9. The lowest BCUT2D eigenvalue weighted by atomic mass is 9.88. The second kappa shape index (κ2) is 14.0. The van der Waals surface area contributed by atoms with Gasteiger partial charge in [-0.1, -0.05) is 6.92 Å². The summed E-state index contributed by atoms with van der Waals surface area (Å²) in [6, 6.07) is 11.1. The van der Waals surface area contributed by atoms with Crippen molar-refractivity contribution < 1.29 is 33.7 Å². The van der Waals surface area contributed by atoms with Gasteiger partial charge in [0.15, 0.2) is 17.6 Å². The Labute approximate surface area is 248 Å². The number of nitrogens with one attached hydrogen (secondary N) is 2. The molecule has 2 atom stereocenters. The number of hydrogen-bond donors (Lipinski definition) is 3. The largest absolute Gasteiger partial charge is 0.504 e. The number of phenolic OH excluding ortho intramolecular Hbond substituents is 1. The lowest BCUT2D eigenvalue weighted by Gasteiger charge is -2.18. The van der Waals surface area contributed by atoms with Crippen LogP contribution in [0.3, 0.4) is 0 Å². The molecule has 1 aliphatic carbocycles. The molecular weight excluding hydrogens is 558 g/mol. The number of thiophene rings is 1. The van der Waals surface area contributed by atoms with E-state index in [4.69, 9.17) is 14.2 Å². The molecule has 10 nitrogen and oxygen atoms in total. The zero-order valence-corrected chi connectivity index (χ0v) is 24.9. The number of phenols is 1. The first-order chi connectivity index (χ1) is 20.2. The molecule has 3 aromatic rings. The zero-order chi connectivity index (χ0) is 30.2. The fourth-order valence-corrected chi connectivity index (χ4v) is 5.91. The van der Waals surface area contributed by atoms with E-state index < -0.39 is 18.0 Å². The number of carbonyl (C=O) groups is 3. The van der Waals surface area contributed by atoms with E-state index in [1.807, 2.05) is 6.92 Å². The molecule has 2 amide bonds. The van der Waals surface area contributed by atoms with Crippen molar-refractivity contribution in [3.63, 3.8) is 0 Å². The lowest BCUT2D eigenvalue weighted by Crippen LogP contribution is -2.33. The van der Waals surface area contributed by atoms with Crippen LogP contribution in [-0.2, 0) is 22.4 Å². The van der Waals surface area contributed by atoms with Gasteiger partial charge in [-0.05, 0) is 99.5 Å². The fraction of sp³-hybridized carbons (Fsp3) is 0.355. The van der Waals surface area contributed by atoms with Crippen LogP contribution in [0.2, 0.25) is 0 Å². The van der Waals surface area contributed by atoms with E-state index in [1.54, 1.807) is 50.2 Å². The van der Waals surface area contributed by atoms with Crippen LogP contribution in [0.4, 0.5) is 5.00 Å². The van der Waals surface area contributed by atoms with Crippen LogP contribution in [0.25, 0.3) is 0 Å². The molecule has 0 aliphatic heterocycles. The first-order valence-electron chi connectivity index (χ1n) is 13.9. The highest BCUT2D eigenvalue weighted by atomic mass is 32.1. The Morgan fingerprint density at radius 3 is 2.62 bits per heavy atom. The quantitative estimate of drug-likeness (QED) is 0.155. The molecule has 0 bridgehead atoms. The van der Waals surface area contributed by atoms with Crippen molar-refractivity contribution in [2.24, 2.45) is 11.0 Å². The van der Waals surface area contributed by atoms with Crippen LogP contribution in [0.5, 0.6) is 17.2 Å². The third-order valence-electron chi connectivity index (χ3n) is 6.69. The number of aromatic hydroxyl groups is 1. The van der Waals surface area contributed by atoms with Crippen molar-refractivity contribution in [2.75, 3.05) is 18.5 Å². The third kappa shape index (κ3) is 7.47. The molecule has 0 unspecified atom stereocenters. The predicted molar refractivity (Wildman–Crippen MR) is 161 cm³/mol. The minimum Gasteiger partial charge on any atom is -0.504 e. The van der Waals surface area contributed by atoms with Crippen molar-refractivity contribution in [3.05, 3.63) is 69.6 Å². The van der Waals surface area contributed by atoms with Gasteiger partial charge in [0.25, 0.3) is 11.8 Å². The van der Waals surface area contributed by atoms with E-state index in [0.717, 1.165) is 29.7 Å². The van der Waals surface area contributed by atoms with Gasteiger partial charge in [0.2, 0.25) is 0 Å². The van der Waals surface area contributed by atoms with Crippen molar-refractivity contribution in [1.82, 2.24) is 5.43 Å². The van der Waals surface area contributed by atoms with E-state index in [-0.39, 0.29) is 18.3 Å². The van der Waals surface area contributed by atoms with Crippen LogP contribution in [-0.4, -0.2) is 48.4 Å². The Hall–Kier alpha value is -4.38. The highest BCUT2D eigenvalue weighted by Gasteiger charge is 2.29. The Morgan fingerprint density at radius 1 is 1.14 bits per heavy atom. The van der Waals surface area contributed by atoms with Crippen molar-refractivity contribution in [2.45, 2.75) is 53.1 Å². The minimum absolute atomic E-state index is 0.0184. The van der Waals surface area contributed by atoms with Crippen LogP contribution in [0.1, 0.15) is 70.8 Å². The SMILES string of the molecule is CCOC(=O)c1c(NC(=O)c2ccc(O[C@H](C)C(=O)N/N=C\c3ccc(O)c(OCC)c3)cc2)sc2c1CC[C@@H](C)C2. The van der Waals surface area contributed by atoms with Gasteiger partial charge in [-0.2, -0.15) is 5.10 Å². The van der Waals surface area contributed by atoms with E-state index in [0.29, 0.717) is 45.7 Å². The summed E-state index contributed by atoms with van der Waals surface area (Å²) in [6.45, 7) is 7.99. The van der Waals surface area contributed by atoms with Gasteiger partial charge >= 0.3 is 5.97 Å². The van der Waals surface area contributed by atoms with Gasteiger partial charge in [-0.25, -0.2) is 10.2 Å². The molecule has 1 aliphatic rings. The molecule has 222 valence electrons. The van der Waals surface area contributed by atoms with Crippen molar-refractivity contribution in [3.8, 4) is 17.2 Å². The first kappa shape index (κ1) is 30.6. The molecule has 42 heavy (non-hydrogen) atoms. The number of hydrazone groups is 1. The number of ether oxygens (including phenoxy) is 3. The number of carbonyl (C=O) groups excluding carboxylic acids is 3. The number of amides is 2. The average molecular weight is 594 g/mol. The van der Waals surface area contributed by atoms with Gasteiger partial charge in [0, 0.05) is 10.4 Å². The first-order valence-corrected chi connectivity index (χ1v) is 14.7. The highest BCUT2D eigenvalue weighted by Crippen LogP contribution is 2.40. The van der Waals surface area contributed by atoms with Gasteiger partial charge in [-0.15, -0.1) is 11.3 Å². The Kier molecular flexibility index (Phi) is 10.2. The topological polar surface area (TPSA) is 136 Å². The Bertz CT molecular complexity index is 1470. The van der Waals surface area contributed by atoms with Crippen LogP contribution >= 0.6 is 11.3 Å². The molecule has 0 fully saturated rings. The number of nitrogens with zero attached hydrogens (tertiary/aromatic N) is 1. The molecule has 0 spiro atoms. The summed E-state index contributed by atoms with van der Waals surface area (Å²) in [6.07, 6.45) is 3.20. The maximum absolute atomic E-state index is 13.1. The van der Waals surface area contributed by atoms with E-state index in [2.05, 4.69) is 22.8 Å². The normalized spacial score (nSPS) is 15.0. The van der Waals surface area contributed by atoms with E-state index in [1.165, 1.54) is 23.6 Å². The minimum atomic E-state index is -0.868. The van der Waals surface area contributed by atoms with Gasteiger partial charge in [-0.3, -0.25) is 9.59 Å². The van der Waals surface area contributed by atoms with Crippen molar-refractivity contribution in [1.29, 1.82) is 0 Å². The van der Waals surface area contributed by atoms with Crippen LogP contribution in [0.15, 0.2) is 47.6 Å². The zero-order valence-electron chi connectivity index (χ0n) is 24.1. The van der Waals surface area contributed by atoms with E-state index in [9.17, 15) is 19.5 Å². The second-order valence-electron chi connectivity index (χ2n) is 9.91. The smallest absolute Gasteiger partial charge is 0.341 e. The molecule has 3 N–H and O–H groups in total. The maximum Gasteiger partial charge on any atom is 0.341 e. The number of benzene rings is 2. The van der Waals surface area contributed by atoms with Gasteiger partial charge in [0.1, 0.15) is 10.8 Å². The molecule has 1 aromatic heterocycles. The lowest BCUT2D eigenvalue weighted by molar-refractivity contribution is -0.127. The van der Waals surface area contributed by atoms with Gasteiger partial charge < -0.3 is 24.6 Å². The average Bonchev–Trinajstić information content (AvgIpc) is 3.32. The number of fused-ring (bicyclic) bond motifs is 1. The Balaban J connectivity index is 1.36. The molecule has 2 aromatic carbocycles. The summed E-state index contributed by atoms with van der Waals surface area (Å²) in [7, 11) is 0. The van der Waals surface area contributed by atoms with Gasteiger partial charge in [0.05, 0.1) is 25.0 Å².